The monoisotopic (exact) mass is 396 g/mol. The van der Waals surface area contributed by atoms with Crippen LogP contribution in [0.1, 0.15) is 34.3 Å². The molecule has 3 rings (SSSR count). The molecule has 0 spiro atoms. The standard InChI is InChI=1S/C23H29FN4O/c1-25-22(27-16-23(11-12-23)19-8-5-9-20(24)15-19)26-13-10-17-6-4-7-18(14-17)21(29)28(2)3/h4-9,14-15H,10-13,16H2,1-3H3,(H2,25,26,27). The summed E-state index contributed by atoms with van der Waals surface area (Å²) in [5.41, 5.74) is 2.84. The Morgan fingerprint density at radius 1 is 1.14 bits per heavy atom. The van der Waals surface area contributed by atoms with E-state index in [4.69, 9.17) is 0 Å². The Kier molecular flexibility index (Phi) is 6.52. The number of nitrogens with one attached hydrogen (secondary N) is 2. The molecule has 5 nitrogen and oxygen atoms in total. The molecule has 0 heterocycles. The summed E-state index contributed by atoms with van der Waals surface area (Å²) in [6.07, 6.45) is 2.88. The van der Waals surface area contributed by atoms with E-state index in [1.54, 1.807) is 38.2 Å². The third-order valence-electron chi connectivity index (χ3n) is 5.39. The summed E-state index contributed by atoms with van der Waals surface area (Å²) in [5, 5.41) is 6.70. The van der Waals surface area contributed by atoms with Gasteiger partial charge in [-0.3, -0.25) is 9.79 Å². The molecule has 6 heteroatoms. The number of hydrogen-bond donors (Lipinski definition) is 2. The van der Waals surface area contributed by atoms with Crippen molar-refractivity contribution in [1.29, 1.82) is 0 Å². The van der Waals surface area contributed by atoms with Gasteiger partial charge in [-0.05, 0) is 54.7 Å². The molecule has 0 bridgehead atoms. The first-order valence-electron chi connectivity index (χ1n) is 9.95. The van der Waals surface area contributed by atoms with Crippen LogP contribution in [-0.2, 0) is 11.8 Å². The fourth-order valence-corrected chi connectivity index (χ4v) is 3.45. The smallest absolute Gasteiger partial charge is 0.253 e. The van der Waals surface area contributed by atoms with Gasteiger partial charge >= 0.3 is 0 Å². The van der Waals surface area contributed by atoms with E-state index in [9.17, 15) is 9.18 Å². The zero-order valence-electron chi connectivity index (χ0n) is 17.3. The zero-order valence-corrected chi connectivity index (χ0v) is 17.3. The number of carbonyl (C=O) groups is 1. The van der Waals surface area contributed by atoms with Crippen molar-refractivity contribution >= 4 is 11.9 Å². The fourth-order valence-electron chi connectivity index (χ4n) is 3.45. The van der Waals surface area contributed by atoms with Crippen molar-refractivity contribution in [2.24, 2.45) is 4.99 Å². The van der Waals surface area contributed by atoms with Gasteiger partial charge in [0.05, 0.1) is 0 Å². The predicted molar refractivity (Wildman–Crippen MR) is 115 cm³/mol. The van der Waals surface area contributed by atoms with Gasteiger partial charge in [0.2, 0.25) is 0 Å². The van der Waals surface area contributed by atoms with Crippen LogP contribution in [0, 0.1) is 5.82 Å². The summed E-state index contributed by atoms with van der Waals surface area (Å²) >= 11 is 0. The summed E-state index contributed by atoms with van der Waals surface area (Å²) in [5.74, 6) is 0.545. The molecule has 0 radical (unpaired) electrons. The molecular formula is C23H29FN4O. The highest BCUT2D eigenvalue weighted by molar-refractivity contribution is 5.94. The summed E-state index contributed by atoms with van der Waals surface area (Å²) < 4.78 is 13.6. The number of amides is 1. The molecule has 0 saturated heterocycles. The molecule has 1 aliphatic carbocycles. The van der Waals surface area contributed by atoms with E-state index in [1.165, 1.54) is 6.07 Å². The highest BCUT2D eigenvalue weighted by atomic mass is 19.1. The second kappa shape index (κ2) is 9.07. The van der Waals surface area contributed by atoms with E-state index in [2.05, 4.69) is 15.6 Å². The van der Waals surface area contributed by atoms with Crippen LogP contribution in [0.3, 0.4) is 0 Å². The Morgan fingerprint density at radius 3 is 2.55 bits per heavy atom. The predicted octanol–water partition coefficient (Wildman–Crippen LogP) is 2.97. The Balaban J connectivity index is 1.50. The van der Waals surface area contributed by atoms with Gasteiger partial charge in [0.1, 0.15) is 5.82 Å². The number of nitrogens with zero attached hydrogens (tertiary/aromatic N) is 2. The lowest BCUT2D eigenvalue weighted by Crippen LogP contribution is -2.42. The molecule has 0 atom stereocenters. The molecule has 29 heavy (non-hydrogen) atoms. The number of aliphatic imine (C=N–C) groups is 1. The van der Waals surface area contributed by atoms with Crippen LogP contribution in [-0.4, -0.2) is 51.0 Å². The Bertz CT molecular complexity index is 890. The van der Waals surface area contributed by atoms with Gasteiger partial charge in [0.15, 0.2) is 5.96 Å². The second-order valence-electron chi connectivity index (χ2n) is 7.79. The van der Waals surface area contributed by atoms with Crippen LogP contribution in [0.25, 0.3) is 0 Å². The number of halogens is 1. The van der Waals surface area contributed by atoms with Crippen LogP contribution in [0.5, 0.6) is 0 Å². The van der Waals surface area contributed by atoms with Gasteiger partial charge in [-0.25, -0.2) is 4.39 Å². The van der Waals surface area contributed by atoms with E-state index < -0.39 is 0 Å². The van der Waals surface area contributed by atoms with E-state index in [0.29, 0.717) is 12.1 Å². The lowest BCUT2D eigenvalue weighted by Gasteiger charge is -2.19. The quantitative estimate of drug-likeness (QED) is 0.559. The maximum atomic E-state index is 13.6. The summed E-state index contributed by atoms with van der Waals surface area (Å²) in [4.78, 5) is 18.0. The number of rotatable bonds is 7. The molecule has 0 aromatic heterocycles. The Hall–Kier alpha value is -2.89. The third-order valence-corrected chi connectivity index (χ3v) is 5.39. The number of hydrogen-bond acceptors (Lipinski definition) is 2. The lowest BCUT2D eigenvalue weighted by molar-refractivity contribution is 0.0827. The lowest BCUT2D eigenvalue weighted by atomic mass is 9.96. The van der Waals surface area contributed by atoms with Crippen molar-refractivity contribution in [1.82, 2.24) is 15.5 Å². The molecule has 1 saturated carbocycles. The minimum atomic E-state index is -0.189. The highest BCUT2D eigenvalue weighted by Crippen LogP contribution is 2.47. The van der Waals surface area contributed by atoms with Crippen molar-refractivity contribution < 1.29 is 9.18 Å². The van der Waals surface area contributed by atoms with Gasteiger partial charge < -0.3 is 15.5 Å². The molecule has 0 unspecified atom stereocenters. The minimum Gasteiger partial charge on any atom is -0.356 e. The van der Waals surface area contributed by atoms with E-state index >= 15 is 0 Å². The molecule has 2 N–H and O–H groups in total. The normalized spacial score (nSPS) is 15.0. The fraction of sp³-hybridized carbons (Fsp3) is 0.391. The van der Waals surface area contributed by atoms with Crippen molar-refractivity contribution in [3.8, 4) is 0 Å². The number of benzene rings is 2. The topological polar surface area (TPSA) is 56.7 Å². The van der Waals surface area contributed by atoms with Crippen LogP contribution >= 0.6 is 0 Å². The van der Waals surface area contributed by atoms with E-state index in [0.717, 1.165) is 42.9 Å². The molecule has 154 valence electrons. The van der Waals surface area contributed by atoms with Gasteiger partial charge in [-0.1, -0.05) is 24.3 Å². The van der Waals surface area contributed by atoms with Gasteiger partial charge in [-0.2, -0.15) is 0 Å². The van der Waals surface area contributed by atoms with Crippen molar-refractivity contribution in [2.75, 3.05) is 34.2 Å². The average molecular weight is 397 g/mol. The maximum absolute atomic E-state index is 13.6. The van der Waals surface area contributed by atoms with E-state index in [-0.39, 0.29) is 17.1 Å². The largest absolute Gasteiger partial charge is 0.356 e. The number of guanidine groups is 1. The second-order valence-corrected chi connectivity index (χ2v) is 7.79. The van der Waals surface area contributed by atoms with Crippen LogP contribution in [0.4, 0.5) is 4.39 Å². The van der Waals surface area contributed by atoms with Gasteiger partial charge in [-0.15, -0.1) is 0 Å². The van der Waals surface area contributed by atoms with Crippen molar-refractivity contribution in [3.05, 3.63) is 71.0 Å². The molecule has 0 aliphatic heterocycles. The SMILES string of the molecule is CN=C(NCCc1cccc(C(=O)N(C)C)c1)NCC1(c2cccc(F)c2)CC1. The average Bonchev–Trinajstić information content (AvgIpc) is 3.51. The zero-order chi connectivity index (χ0) is 20.9. The van der Waals surface area contributed by atoms with E-state index in [1.807, 2.05) is 30.3 Å². The Labute approximate surface area is 172 Å². The molecule has 2 aromatic rings. The van der Waals surface area contributed by atoms with Gasteiger partial charge in [0.25, 0.3) is 5.91 Å². The molecule has 1 fully saturated rings. The third kappa shape index (κ3) is 5.34. The first-order valence-corrected chi connectivity index (χ1v) is 9.95. The van der Waals surface area contributed by atoms with Gasteiger partial charge in [0, 0.05) is 45.2 Å². The molecule has 1 amide bonds. The maximum Gasteiger partial charge on any atom is 0.253 e. The first kappa shape index (κ1) is 20.8. The number of carbonyl (C=O) groups excluding carboxylic acids is 1. The molecule has 1 aliphatic rings. The molecular weight excluding hydrogens is 367 g/mol. The Morgan fingerprint density at radius 2 is 1.90 bits per heavy atom. The molecule has 2 aromatic carbocycles. The van der Waals surface area contributed by atoms with Crippen molar-refractivity contribution in [3.63, 3.8) is 0 Å². The van der Waals surface area contributed by atoms with Crippen LogP contribution in [0.15, 0.2) is 53.5 Å². The first-order chi connectivity index (χ1) is 13.9. The summed E-state index contributed by atoms with van der Waals surface area (Å²) in [6, 6.07) is 14.6. The van der Waals surface area contributed by atoms with Crippen LogP contribution < -0.4 is 10.6 Å². The summed E-state index contributed by atoms with van der Waals surface area (Å²) in [7, 11) is 5.25. The van der Waals surface area contributed by atoms with Crippen molar-refractivity contribution in [2.45, 2.75) is 24.7 Å². The highest BCUT2D eigenvalue weighted by Gasteiger charge is 2.44. The van der Waals surface area contributed by atoms with Crippen LogP contribution in [0.2, 0.25) is 0 Å². The minimum absolute atomic E-state index is 0.000588. The summed E-state index contributed by atoms with van der Waals surface area (Å²) in [6.45, 7) is 1.43.